The Morgan fingerprint density at radius 1 is 1.29 bits per heavy atom. The number of hydrogen-bond donors (Lipinski definition) is 2. The maximum absolute atomic E-state index is 12.6. The van der Waals surface area contributed by atoms with Crippen molar-refractivity contribution >= 4 is 17.6 Å². The first-order valence-corrected chi connectivity index (χ1v) is 7.97. The highest BCUT2D eigenvalue weighted by Crippen LogP contribution is 2.49. The molecule has 0 unspecified atom stereocenters. The molecule has 1 aliphatic carbocycles. The normalized spacial score (nSPS) is 15.8. The fourth-order valence-corrected chi connectivity index (χ4v) is 2.68. The fraction of sp³-hybridized carbons (Fsp3) is 0.389. The number of rotatable bonds is 6. The van der Waals surface area contributed by atoms with E-state index < -0.39 is 11.5 Å². The summed E-state index contributed by atoms with van der Waals surface area (Å²) in [5.74, 6) is -1.01. The molecule has 0 bridgehead atoms. The number of anilines is 1. The van der Waals surface area contributed by atoms with Gasteiger partial charge in [0.25, 0.3) is 0 Å². The van der Waals surface area contributed by atoms with E-state index in [2.05, 4.69) is 10.4 Å². The minimum absolute atomic E-state index is 0.0287. The number of carboxylic acids is 1. The molecular formula is C18H21N3O3. The molecule has 24 heavy (non-hydrogen) atoms. The van der Waals surface area contributed by atoms with Crippen molar-refractivity contribution in [3.63, 3.8) is 0 Å². The molecule has 0 radical (unpaired) electrons. The van der Waals surface area contributed by atoms with Crippen LogP contribution in [0.3, 0.4) is 0 Å². The molecule has 3 rings (SSSR count). The fourth-order valence-electron chi connectivity index (χ4n) is 2.68. The van der Waals surface area contributed by atoms with Crippen molar-refractivity contribution in [1.82, 2.24) is 9.78 Å². The minimum atomic E-state index is -1.16. The molecule has 1 aromatic carbocycles. The van der Waals surface area contributed by atoms with Gasteiger partial charge in [-0.3, -0.25) is 9.48 Å². The van der Waals surface area contributed by atoms with Crippen molar-refractivity contribution in [2.45, 2.75) is 38.6 Å². The van der Waals surface area contributed by atoms with Gasteiger partial charge in [0.2, 0.25) is 5.91 Å². The van der Waals surface area contributed by atoms with Crippen LogP contribution < -0.4 is 5.32 Å². The van der Waals surface area contributed by atoms with E-state index in [9.17, 15) is 14.7 Å². The molecule has 1 fully saturated rings. The van der Waals surface area contributed by atoms with Crippen LogP contribution in [-0.4, -0.2) is 26.8 Å². The Kier molecular flexibility index (Phi) is 3.91. The topological polar surface area (TPSA) is 84.2 Å². The lowest BCUT2D eigenvalue weighted by molar-refractivity contribution is -0.146. The van der Waals surface area contributed by atoms with E-state index in [-0.39, 0.29) is 11.3 Å². The lowest BCUT2D eigenvalue weighted by Gasteiger charge is -2.19. The maximum Gasteiger partial charge on any atom is 0.331 e. The number of carbonyl (C=O) groups is 2. The van der Waals surface area contributed by atoms with Gasteiger partial charge < -0.3 is 10.4 Å². The van der Waals surface area contributed by atoms with Gasteiger partial charge in [-0.15, -0.1) is 0 Å². The number of carbonyl (C=O) groups excluding carboxylic acids is 1. The molecule has 126 valence electrons. The highest BCUT2D eigenvalue weighted by molar-refractivity contribution is 5.97. The van der Waals surface area contributed by atoms with Crippen LogP contribution in [0.1, 0.15) is 32.3 Å². The van der Waals surface area contributed by atoms with E-state index in [4.69, 9.17) is 0 Å². The van der Waals surface area contributed by atoms with Crippen molar-refractivity contribution in [2.24, 2.45) is 5.41 Å². The zero-order valence-corrected chi connectivity index (χ0v) is 13.8. The summed E-state index contributed by atoms with van der Waals surface area (Å²) in [5, 5.41) is 16.2. The average molecular weight is 327 g/mol. The van der Waals surface area contributed by atoms with E-state index in [1.807, 2.05) is 30.3 Å². The number of aromatic nitrogens is 2. The first kappa shape index (κ1) is 16.2. The molecule has 2 N–H and O–H groups in total. The number of nitrogens with zero attached hydrogens (tertiary/aromatic N) is 2. The van der Waals surface area contributed by atoms with Gasteiger partial charge in [0, 0.05) is 6.20 Å². The standard InChI is InChI=1S/C18H21N3O3/c1-17(2,16(23)24)21-12-14(11-19-21)20-15(22)18(8-9-18)10-13-6-4-3-5-7-13/h3-7,11-12H,8-10H2,1-2H3,(H,20,22)(H,23,24). The Balaban J connectivity index is 1.69. The quantitative estimate of drug-likeness (QED) is 0.854. The molecule has 0 aliphatic heterocycles. The predicted octanol–water partition coefficient (Wildman–Crippen LogP) is 2.66. The van der Waals surface area contributed by atoms with Gasteiger partial charge in [-0.1, -0.05) is 30.3 Å². The van der Waals surface area contributed by atoms with Crippen LogP contribution in [0.15, 0.2) is 42.7 Å². The van der Waals surface area contributed by atoms with Crippen LogP contribution in [0.4, 0.5) is 5.69 Å². The minimum Gasteiger partial charge on any atom is -0.479 e. The predicted molar refractivity (Wildman–Crippen MR) is 89.6 cm³/mol. The molecule has 1 saturated carbocycles. The molecule has 1 aliphatic rings. The maximum atomic E-state index is 12.6. The van der Waals surface area contributed by atoms with Crippen LogP contribution in [0.5, 0.6) is 0 Å². The summed E-state index contributed by atoms with van der Waals surface area (Å²) >= 11 is 0. The average Bonchev–Trinajstić information content (AvgIpc) is 3.17. The Morgan fingerprint density at radius 2 is 1.96 bits per heavy atom. The van der Waals surface area contributed by atoms with E-state index in [1.54, 1.807) is 20.0 Å². The summed E-state index contributed by atoms with van der Waals surface area (Å²) in [4.78, 5) is 23.9. The van der Waals surface area contributed by atoms with Crippen LogP contribution in [0, 0.1) is 5.41 Å². The summed E-state index contributed by atoms with van der Waals surface area (Å²) in [5.41, 5.74) is 0.150. The molecule has 1 heterocycles. The number of carboxylic acid groups (broad SMARTS) is 1. The molecule has 1 aromatic heterocycles. The SMILES string of the molecule is CC(C)(C(=O)O)n1cc(NC(=O)C2(Cc3ccccc3)CC2)cn1. The Bertz CT molecular complexity index is 761. The van der Waals surface area contributed by atoms with E-state index in [0.29, 0.717) is 12.1 Å². The van der Waals surface area contributed by atoms with E-state index >= 15 is 0 Å². The molecule has 6 heteroatoms. The largest absolute Gasteiger partial charge is 0.479 e. The second kappa shape index (κ2) is 5.78. The van der Waals surface area contributed by atoms with Gasteiger partial charge in [-0.05, 0) is 38.7 Å². The second-order valence-corrected chi connectivity index (χ2v) is 6.93. The molecule has 1 amide bonds. The van der Waals surface area contributed by atoms with Gasteiger partial charge >= 0.3 is 5.97 Å². The summed E-state index contributed by atoms with van der Waals surface area (Å²) in [6, 6.07) is 9.96. The van der Waals surface area contributed by atoms with Crippen LogP contribution >= 0.6 is 0 Å². The molecular weight excluding hydrogens is 306 g/mol. The third kappa shape index (κ3) is 3.04. The molecule has 2 aromatic rings. The molecule has 0 atom stereocenters. The molecule has 6 nitrogen and oxygen atoms in total. The first-order valence-electron chi connectivity index (χ1n) is 7.97. The van der Waals surface area contributed by atoms with Gasteiger partial charge in [0.1, 0.15) is 0 Å². The smallest absolute Gasteiger partial charge is 0.331 e. The number of amides is 1. The second-order valence-electron chi connectivity index (χ2n) is 6.93. The third-order valence-electron chi connectivity index (χ3n) is 4.66. The van der Waals surface area contributed by atoms with E-state index in [0.717, 1.165) is 18.4 Å². The van der Waals surface area contributed by atoms with Crippen molar-refractivity contribution in [3.8, 4) is 0 Å². The van der Waals surface area contributed by atoms with Crippen molar-refractivity contribution in [3.05, 3.63) is 48.3 Å². The van der Waals surface area contributed by atoms with Crippen molar-refractivity contribution < 1.29 is 14.7 Å². The summed E-state index contributed by atoms with van der Waals surface area (Å²) in [7, 11) is 0. The highest BCUT2D eigenvalue weighted by atomic mass is 16.4. The van der Waals surface area contributed by atoms with Crippen LogP contribution in [-0.2, 0) is 21.5 Å². The Morgan fingerprint density at radius 3 is 2.54 bits per heavy atom. The number of aliphatic carboxylic acids is 1. The molecule has 0 saturated heterocycles. The van der Waals surface area contributed by atoms with Crippen molar-refractivity contribution in [2.75, 3.05) is 5.32 Å². The Hall–Kier alpha value is -2.63. The summed E-state index contributed by atoms with van der Waals surface area (Å²) in [6.45, 7) is 3.12. The zero-order valence-electron chi connectivity index (χ0n) is 13.8. The van der Waals surface area contributed by atoms with Crippen LogP contribution in [0.25, 0.3) is 0 Å². The zero-order chi connectivity index (χ0) is 17.4. The van der Waals surface area contributed by atoms with Gasteiger partial charge in [-0.2, -0.15) is 5.10 Å². The van der Waals surface area contributed by atoms with Gasteiger partial charge in [0.15, 0.2) is 5.54 Å². The lowest BCUT2D eigenvalue weighted by atomic mass is 9.95. The van der Waals surface area contributed by atoms with E-state index in [1.165, 1.54) is 10.9 Å². The number of nitrogens with one attached hydrogen (secondary N) is 1. The number of hydrogen-bond acceptors (Lipinski definition) is 3. The molecule has 0 spiro atoms. The monoisotopic (exact) mass is 327 g/mol. The van der Waals surface area contributed by atoms with Gasteiger partial charge in [-0.25, -0.2) is 4.79 Å². The van der Waals surface area contributed by atoms with Crippen molar-refractivity contribution in [1.29, 1.82) is 0 Å². The lowest BCUT2D eigenvalue weighted by Crippen LogP contribution is -2.36. The first-order chi connectivity index (χ1) is 11.3. The summed E-state index contributed by atoms with van der Waals surface area (Å²) in [6.07, 6.45) is 5.49. The Labute approximate surface area is 140 Å². The van der Waals surface area contributed by atoms with Gasteiger partial charge in [0.05, 0.1) is 17.3 Å². The third-order valence-corrected chi connectivity index (χ3v) is 4.66. The van der Waals surface area contributed by atoms with Crippen LogP contribution in [0.2, 0.25) is 0 Å². The number of benzene rings is 1. The summed E-state index contributed by atoms with van der Waals surface area (Å²) < 4.78 is 1.35. The highest BCUT2D eigenvalue weighted by Gasteiger charge is 2.49.